The molecule has 4 rings (SSSR count). The Kier molecular flexibility index (Phi) is 7.24. The molecule has 1 amide bonds. The van der Waals surface area contributed by atoms with Gasteiger partial charge in [0.1, 0.15) is 5.82 Å². The van der Waals surface area contributed by atoms with Crippen molar-refractivity contribution >= 4 is 16.9 Å². The topological polar surface area (TPSA) is 77.9 Å². The number of aromatic nitrogens is 2. The molecular formula is C24H30N4O4. The number of nitrogens with one attached hydrogen (secondary N) is 1. The number of methoxy groups -OCH3 is 2. The molecule has 2 heterocycles. The number of amides is 1. The summed E-state index contributed by atoms with van der Waals surface area (Å²) >= 11 is 0. The van der Waals surface area contributed by atoms with Gasteiger partial charge in [0, 0.05) is 44.7 Å². The summed E-state index contributed by atoms with van der Waals surface area (Å²) in [6.45, 7) is 5.81. The summed E-state index contributed by atoms with van der Waals surface area (Å²) < 4.78 is 18.3. The number of carbonyl (C=O) groups excluding carboxylic acids is 1. The third-order valence-corrected chi connectivity index (χ3v) is 5.76. The van der Waals surface area contributed by atoms with Gasteiger partial charge in [-0.1, -0.05) is 12.1 Å². The van der Waals surface area contributed by atoms with Crippen LogP contribution in [0.5, 0.6) is 11.5 Å². The Labute approximate surface area is 188 Å². The summed E-state index contributed by atoms with van der Waals surface area (Å²) in [5, 5.41) is 3.00. The Morgan fingerprint density at radius 3 is 2.62 bits per heavy atom. The minimum Gasteiger partial charge on any atom is -0.493 e. The average Bonchev–Trinajstić information content (AvgIpc) is 3.20. The quantitative estimate of drug-likeness (QED) is 0.553. The number of benzene rings is 2. The van der Waals surface area contributed by atoms with Gasteiger partial charge in [0.15, 0.2) is 11.5 Å². The van der Waals surface area contributed by atoms with Gasteiger partial charge in [-0.3, -0.25) is 9.69 Å². The van der Waals surface area contributed by atoms with Crippen LogP contribution in [0, 0.1) is 0 Å². The number of hydrogen-bond donors (Lipinski definition) is 1. The van der Waals surface area contributed by atoms with Crippen LogP contribution >= 0.6 is 0 Å². The number of nitrogens with zero attached hydrogens (tertiary/aromatic N) is 3. The summed E-state index contributed by atoms with van der Waals surface area (Å²) in [5.74, 6) is 1.96. The van der Waals surface area contributed by atoms with Crippen LogP contribution in [-0.2, 0) is 17.7 Å². The molecule has 2 aromatic carbocycles. The molecule has 1 saturated heterocycles. The van der Waals surface area contributed by atoms with Crippen LogP contribution < -0.4 is 14.8 Å². The van der Waals surface area contributed by atoms with E-state index in [9.17, 15) is 4.79 Å². The molecule has 1 fully saturated rings. The number of imidazole rings is 1. The molecule has 1 N–H and O–H groups in total. The first-order valence-electron chi connectivity index (χ1n) is 10.9. The van der Waals surface area contributed by atoms with Crippen molar-refractivity contribution in [3.63, 3.8) is 0 Å². The molecule has 32 heavy (non-hydrogen) atoms. The number of carbonyl (C=O) groups is 1. The van der Waals surface area contributed by atoms with E-state index in [1.165, 1.54) is 0 Å². The van der Waals surface area contributed by atoms with Gasteiger partial charge >= 0.3 is 0 Å². The van der Waals surface area contributed by atoms with E-state index in [1.807, 2.05) is 18.2 Å². The van der Waals surface area contributed by atoms with Gasteiger partial charge in [-0.05, 0) is 30.3 Å². The smallest absolute Gasteiger partial charge is 0.251 e. The number of fused-ring (bicyclic) bond motifs is 1. The van der Waals surface area contributed by atoms with Crippen LogP contribution in [0.2, 0.25) is 0 Å². The highest BCUT2D eigenvalue weighted by Crippen LogP contribution is 2.27. The molecule has 3 aromatic rings. The van der Waals surface area contributed by atoms with Gasteiger partial charge in [0.05, 0.1) is 38.5 Å². The summed E-state index contributed by atoms with van der Waals surface area (Å²) in [7, 11) is 3.13. The normalized spacial score (nSPS) is 14.4. The highest BCUT2D eigenvalue weighted by Gasteiger charge is 2.15. The summed E-state index contributed by atoms with van der Waals surface area (Å²) in [6, 6.07) is 13.3. The van der Waals surface area contributed by atoms with Crippen molar-refractivity contribution in [2.45, 2.75) is 13.0 Å². The minimum atomic E-state index is -0.151. The maximum absolute atomic E-state index is 12.6. The minimum absolute atomic E-state index is 0.151. The van der Waals surface area contributed by atoms with E-state index in [0.717, 1.165) is 56.3 Å². The van der Waals surface area contributed by atoms with E-state index in [0.29, 0.717) is 30.0 Å². The van der Waals surface area contributed by atoms with E-state index in [-0.39, 0.29) is 5.91 Å². The predicted molar refractivity (Wildman–Crippen MR) is 123 cm³/mol. The van der Waals surface area contributed by atoms with Crippen LogP contribution in [0.25, 0.3) is 11.0 Å². The fourth-order valence-corrected chi connectivity index (χ4v) is 4.00. The molecule has 0 spiro atoms. The van der Waals surface area contributed by atoms with Gasteiger partial charge in [0.2, 0.25) is 0 Å². The Hall–Kier alpha value is -3.10. The second kappa shape index (κ2) is 10.5. The van der Waals surface area contributed by atoms with Crippen LogP contribution in [0.15, 0.2) is 42.5 Å². The van der Waals surface area contributed by atoms with E-state index < -0.39 is 0 Å². The summed E-state index contributed by atoms with van der Waals surface area (Å²) in [4.78, 5) is 19.9. The van der Waals surface area contributed by atoms with Crippen molar-refractivity contribution in [2.75, 3.05) is 53.6 Å². The molecule has 0 unspecified atom stereocenters. The maximum atomic E-state index is 12.6. The fourth-order valence-electron chi connectivity index (χ4n) is 4.00. The summed E-state index contributed by atoms with van der Waals surface area (Å²) in [5.41, 5.74) is 2.64. The van der Waals surface area contributed by atoms with Gasteiger partial charge in [-0.25, -0.2) is 4.98 Å². The third kappa shape index (κ3) is 5.03. The lowest BCUT2D eigenvalue weighted by Gasteiger charge is -2.27. The molecule has 0 bridgehead atoms. The third-order valence-electron chi connectivity index (χ3n) is 5.76. The zero-order valence-electron chi connectivity index (χ0n) is 18.7. The van der Waals surface area contributed by atoms with Crippen LogP contribution in [0.4, 0.5) is 0 Å². The molecule has 8 nitrogen and oxygen atoms in total. The van der Waals surface area contributed by atoms with E-state index in [4.69, 9.17) is 19.2 Å². The van der Waals surface area contributed by atoms with Crippen molar-refractivity contribution in [2.24, 2.45) is 0 Å². The van der Waals surface area contributed by atoms with E-state index in [2.05, 4.69) is 20.9 Å². The SMILES string of the molecule is COc1ccc(C(=O)NCCc2nc3ccccc3n2CCN2CCOCC2)cc1OC. The lowest BCUT2D eigenvalue weighted by atomic mass is 10.2. The Morgan fingerprint density at radius 1 is 1.06 bits per heavy atom. The first kappa shape index (κ1) is 22.1. The molecular weight excluding hydrogens is 408 g/mol. The zero-order chi connectivity index (χ0) is 22.3. The second-order valence-electron chi connectivity index (χ2n) is 7.70. The van der Waals surface area contributed by atoms with Crippen molar-refractivity contribution < 1.29 is 19.0 Å². The maximum Gasteiger partial charge on any atom is 0.251 e. The monoisotopic (exact) mass is 438 g/mol. The molecule has 0 atom stereocenters. The average molecular weight is 439 g/mol. The van der Waals surface area contributed by atoms with Gasteiger partial charge in [-0.2, -0.15) is 0 Å². The van der Waals surface area contributed by atoms with Crippen molar-refractivity contribution in [1.29, 1.82) is 0 Å². The van der Waals surface area contributed by atoms with Gasteiger partial charge < -0.3 is 24.1 Å². The van der Waals surface area contributed by atoms with Crippen molar-refractivity contribution in [1.82, 2.24) is 19.8 Å². The molecule has 8 heteroatoms. The number of ether oxygens (including phenoxy) is 3. The Bertz CT molecular complexity index is 1060. The highest BCUT2D eigenvalue weighted by molar-refractivity contribution is 5.94. The highest BCUT2D eigenvalue weighted by atomic mass is 16.5. The van der Waals surface area contributed by atoms with Crippen LogP contribution in [-0.4, -0.2) is 74.0 Å². The largest absolute Gasteiger partial charge is 0.493 e. The number of para-hydroxylation sites is 2. The summed E-state index contributed by atoms with van der Waals surface area (Å²) in [6.07, 6.45) is 0.650. The molecule has 1 aromatic heterocycles. The second-order valence-corrected chi connectivity index (χ2v) is 7.70. The lowest BCUT2D eigenvalue weighted by molar-refractivity contribution is 0.0364. The van der Waals surface area contributed by atoms with Crippen LogP contribution in [0.1, 0.15) is 16.2 Å². The van der Waals surface area contributed by atoms with Crippen molar-refractivity contribution in [3.05, 3.63) is 53.9 Å². The molecule has 0 aliphatic carbocycles. The molecule has 170 valence electrons. The first-order chi connectivity index (χ1) is 15.7. The fraction of sp³-hybridized carbons (Fsp3) is 0.417. The van der Waals surface area contributed by atoms with Crippen molar-refractivity contribution in [3.8, 4) is 11.5 Å². The predicted octanol–water partition coefficient (Wildman–Crippen LogP) is 2.36. The molecule has 0 saturated carbocycles. The molecule has 0 radical (unpaired) electrons. The van der Waals surface area contributed by atoms with Gasteiger partial charge in [-0.15, -0.1) is 0 Å². The van der Waals surface area contributed by atoms with Gasteiger partial charge in [0.25, 0.3) is 5.91 Å². The number of morpholine rings is 1. The Morgan fingerprint density at radius 2 is 1.84 bits per heavy atom. The standard InChI is InChI=1S/C24H30N4O4/c1-30-21-8-7-18(17-22(21)31-2)24(29)25-10-9-23-26-19-5-3-4-6-20(19)28(23)12-11-27-13-15-32-16-14-27/h3-8,17H,9-16H2,1-2H3,(H,25,29). The van der Waals surface area contributed by atoms with Crippen LogP contribution in [0.3, 0.4) is 0 Å². The Balaban J connectivity index is 1.42. The lowest BCUT2D eigenvalue weighted by Crippen LogP contribution is -2.38. The van der Waals surface area contributed by atoms with E-state index >= 15 is 0 Å². The first-order valence-corrected chi connectivity index (χ1v) is 10.9. The number of hydrogen-bond acceptors (Lipinski definition) is 6. The molecule has 1 aliphatic heterocycles. The number of rotatable bonds is 9. The molecule has 1 aliphatic rings. The zero-order valence-corrected chi connectivity index (χ0v) is 18.7. The van der Waals surface area contributed by atoms with E-state index in [1.54, 1.807) is 32.4 Å².